The Balaban J connectivity index is 1.95. The van der Waals surface area contributed by atoms with Crippen LogP contribution in [0, 0.1) is 19.7 Å². The van der Waals surface area contributed by atoms with E-state index in [1.165, 1.54) is 16.7 Å². The van der Waals surface area contributed by atoms with E-state index in [1.807, 2.05) is 6.07 Å². The number of carbonyl (C=O) groups is 1. The molecule has 1 heterocycles. The normalized spacial score (nSPS) is 10.8. The van der Waals surface area contributed by atoms with Crippen LogP contribution < -0.4 is 10.9 Å². The summed E-state index contributed by atoms with van der Waals surface area (Å²) in [7, 11) is 0. The second kappa shape index (κ2) is 6.23. The van der Waals surface area contributed by atoms with Crippen molar-refractivity contribution in [1.82, 2.24) is 9.55 Å². The number of para-hydroxylation sites is 2. The van der Waals surface area contributed by atoms with Gasteiger partial charge in [0.15, 0.2) is 0 Å². The molecule has 0 saturated heterocycles. The fraction of sp³-hybridized carbons (Fsp3) is 0.167. The van der Waals surface area contributed by atoms with E-state index in [1.54, 1.807) is 38.1 Å². The summed E-state index contributed by atoms with van der Waals surface area (Å²) in [6, 6.07) is 11.3. The SMILES string of the molecule is Cc1ccc(F)cc1NC(=O)Cn1c(=O)c(C)nc2ccccc21. The summed E-state index contributed by atoms with van der Waals surface area (Å²) in [5, 5.41) is 2.65. The van der Waals surface area contributed by atoms with Gasteiger partial charge in [-0.05, 0) is 43.7 Å². The van der Waals surface area contributed by atoms with Gasteiger partial charge in [0.05, 0.1) is 11.0 Å². The molecule has 0 aliphatic heterocycles. The zero-order valence-corrected chi connectivity index (χ0v) is 13.3. The second-order valence-corrected chi connectivity index (χ2v) is 5.58. The van der Waals surface area contributed by atoms with Crippen LogP contribution in [0.25, 0.3) is 11.0 Å². The van der Waals surface area contributed by atoms with E-state index >= 15 is 0 Å². The molecule has 3 rings (SSSR count). The Bertz CT molecular complexity index is 995. The zero-order valence-electron chi connectivity index (χ0n) is 13.3. The van der Waals surface area contributed by atoms with Crippen molar-refractivity contribution in [2.45, 2.75) is 20.4 Å². The van der Waals surface area contributed by atoms with Crippen LogP contribution >= 0.6 is 0 Å². The Morgan fingerprint density at radius 3 is 2.75 bits per heavy atom. The molecule has 1 N–H and O–H groups in total. The molecule has 0 radical (unpaired) electrons. The Labute approximate surface area is 137 Å². The molecule has 0 bridgehead atoms. The number of nitrogens with one attached hydrogen (secondary N) is 1. The largest absolute Gasteiger partial charge is 0.324 e. The van der Waals surface area contributed by atoms with Gasteiger partial charge >= 0.3 is 0 Å². The Kier molecular flexibility index (Phi) is 4.12. The van der Waals surface area contributed by atoms with E-state index in [4.69, 9.17) is 0 Å². The first-order chi connectivity index (χ1) is 11.5. The van der Waals surface area contributed by atoms with Gasteiger partial charge in [-0.25, -0.2) is 9.37 Å². The van der Waals surface area contributed by atoms with Crippen LogP contribution in [-0.2, 0) is 11.3 Å². The Hall–Kier alpha value is -3.02. The number of rotatable bonds is 3. The van der Waals surface area contributed by atoms with E-state index in [-0.39, 0.29) is 12.1 Å². The van der Waals surface area contributed by atoms with Crippen molar-refractivity contribution in [3.63, 3.8) is 0 Å². The molecule has 1 amide bonds. The molecule has 0 spiro atoms. The van der Waals surface area contributed by atoms with Gasteiger partial charge < -0.3 is 5.32 Å². The maximum atomic E-state index is 13.3. The van der Waals surface area contributed by atoms with E-state index in [0.717, 1.165) is 5.56 Å². The summed E-state index contributed by atoms with van der Waals surface area (Å²) in [5.41, 5.74) is 2.36. The number of aromatic nitrogens is 2. The first-order valence-electron chi connectivity index (χ1n) is 7.48. The highest BCUT2D eigenvalue weighted by molar-refractivity contribution is 5.92. The van der Waals surface area contributed by atoms with E-state index in [2.05, 4.69) is 10.3 Å². The van der Waals surface area contributed by atoms with Gasteiger partial charge in [-0.2, -0.15) is 0 Å². The summed E-state index contributed by atoms with van der Waals surface area (Å²) >= 11 is 0. The van der Waals surface area contributed by atoms with E-state index < -0.39 is 11.7 Å². The standard InChI is InChI=1S/C18H16FN3O2/c1-11-7-8-13(19)9-15(11)21-17(23)10-22-16-6-4-3-5-14(16)20-12(2)18(22)24/h3-9H,10H2,1-2H3,(H,21,23). The first kappa shape index (κ1) is 15.9. The minimum absolute atomic E-state index is 0.168. The maximum absolute atomic E-state index is 13.3. The molecule has 1 aromatic heterocycles. The fourth-order valence-corrected chi connectivity index (χ4v) is 2.54. The predicted molar refractivity (Wildman–Crippen MR) is 90.5 cm³/mol. The number of benzene rings is 2. The number of amides is 1. The number of nitrogens with zero attached hydrogens (tertiary/aromatic N) is 2. The number of fused-ring (bicyclic) bond motifs is 1. The van der Waals surface area contributed by atoms with Crippen molar-refractivity contribution in [1.29, 1.82) is 0 Å². The van der Waals surface area contributed by atoms with Crippen LogP contribution in [0.15, 0.2) is 47.3 Å². The van der Waals surface area contributed by atoms with Crippen LogP contribution in [0.5, 0.6) is 0 Å². The first-order valence-corrected chi connectivity index (χ1v) is 7.48. The number of hydrogen-bond acceptors (Lipinski definition) is 3. The van der Waals surface area contributed by atoms with Crippen LogP contribution in [0.1, 0.15) is 11.3 Å². The molecule has 0 aliphatic rings. The molecule has 0 fully saturated rings. The minimum atomic E-state index is -0.432. The Morgan fingerprint density at radius 2 is 1.96 bits per heavy atom. The third-order valence-corrected chi connectivity index (χ3v) is 3.79. The van der Waals surface area contributed by atoms with Crippen molar-refractivity contribution >= 4 is 22.6 Å². The Morgan fingerprint density at radius 1 is 1.21 bits per heavy atom. The highest BCUT2D eigenvalue weighted by atomic mass is 19.1. The van der Waals surface area contributed by atoms with Gasteiger partial charge in [0.1, 0.15) is 18.1 Å². The number of halogens is 1. The van der Waals surface area contributed by atoms with Gasteiger partial charge in [0.2, 0.25) is 5.91 Å². The average molecular weight is 325 g/mol. The number of carbonyl (C=O) groups excluding carboxylic acids is 1. The van der Waals surface area contributed by atoms with Crippen molar-refractivity contribution in [3.05, 3.63) is 69.9 Å². The van der Waals surface area contributed by atoms with Crippen molar-refractivity contribution in [3.8, 4) is 0 Å². The topological polar surface area (TPSA) is 64.0 Å². The van der Waals surface area contributed by atoms with Crippen LogP contribution in [-0.4, -0.2) is 15.5 Å². The summed E-state index contributed by atoms with van der Waals surface area (Å²) in [6.45, 7) is 3.21. The van der Waals surface area contributed by atoms with Gasteiger partial charge in [-0.3, -0.25) is 14.2 Å². The van der Waals surface area contributed by atoms with E-state index in [0.29, 0.717) is 22.4 Å². The number of aryl methyl sites for hydroxylation is 2. The van der Waals surface area contributed by atoms with Crippen molar-refractivity contribution in [2.24, 2.45) is 0 Å². The van der Waals surface area contributed by atoms with Gasteiger partial charge in [-0.1, -0.05) is 18.2 Å². The van der Waals surface area contributed by atoms with E-state index in [9.17, 15) is 14.0 Å². The van der Waals surface area contributed by atoms with Gasteiger partial charge in [0.25, 0.3) is 5.56 Å². The number of hydrogen-bond donors (Lipinski definition) is 1. The summed E-state index contributed by atoms with van der Waals surface area (Å²) in [4.78, 5) is 28.9. The van der Waals surface area contributed by atoms with Crippen LogP contribution in [0.2, 0.25) is 0 Å². The second-order valence-electron chi connectivity index (χ2n) is 5.58. The van der Waals surface area contributed by atoms with Gasteiger partial charge in [0, 0.05) is 5.69 Å². The lowest BCUT2D eigenvalue weighted by atomic mass is 10.2. The lowest BCUT2D eigenvalue weighted by Gasteiger charge is -2.12. The van der Waals surface area contributed by atoms with Crippen LogP contribution in [0.3, 0.4) is 0 Å². The summed E-state index contributed by atoms with van der Waals surface area (Å²) < 4.78 is 14.7. The molecule has 0 atom stereocenters. The molecule has 6 heteroatoms. The van der Waals surface area contributed by atoms with Crippen LogP contribution in [0.4, 0.5) is 10.1 Å². The molecule has 0 unspecified atom stereocenters. The third-order valence-electron chi connectivity index (χ3n) is 3.79. The lowest BCUT2D eigenvalue weighted by molar-refractivity contribution is -0.116. The smallest absolute Gasteiger partial charge is 0.272 e. The summed E-state index contributed by atoms with van der Waals surface area (Å²) in [5.74, 6) is -0.833. The highest BCUT2D eigenvalue weighted by Crippen LogP contribution is 2.16. The minimum Gasteiger partial charge on any atom is -0.324 e. The molecule has 122 valence electrons. The quantitative estimate of drug-likeness (QED) is 0.805. The fourth-order valence-electron chi connectivity index (χ4n) is 2.54. The predicted octanol–water partition coefficient (Wildman–Crippen LogP) is 2.79. The molecule has 5 nitrogen and oxygen atoms in total. The monoisotopic (exact) mass is 325 g/mol. The lowest BCUT2D eigenvalue weighted by Crippen LogP contribution is -2.30. The zero-order chi connectivity index (χ0) is 17.3. The molecular formula is C18H16FN3O2. The van der Waals surface area contributed by atoms with Crippen molar-refractivity contribution < 1.29 is 9.18 Å². The molecular weight excluding hydrogens is 309 g/mol. The van der Waals surface area contributed by atoms with Crippen molar-refractivity contribution in [2.75, 3.05) is 5.32 Å². The molecule has 2 aromatic carbocycles. The third kappa shape index (κ3) is 3.03. The van der Waals surface area contributed by atoms with Gasteiger partial charge in [-0.15, -0.1) is 0 Å². The average Bonchev–Trinajstić information content (AvgIpc) is 2.55. The number of anilines is 1. The molecule has 24 heavy (non-hydrogen) atoms. The maximum Gasteiger partial charge on any atom is 0.272 e. The summed E-state index contributed by atoms with van der Waals surface area (Å²) in [6.07, 6.45) is 0. The highest BCUT2D eigenvalue weighted by Gasteiger charge is 2.12. The molecule has 0 aliphatic carbocycles. The molecule has 0 saturated carbocycles. The molecule has 3 aromatic rings.